The second-order valence-corrected chi connectivity index (χ2v) is 5.13. The van der Waals surface area contributed by atoms with Crippen molar-refractivity contribution in [3.05, 3.63) is 29.8 Å². The molecule has 2 nitrogen and oxygen atoms in total. The van der Waals surface area contributed by atoms with Crippen LogP contribution in [0.2, 0.25) is 0 Å². The Hall–Kier alpha value is -0.795. The van der Waals surface area contributed by atoms with Crippen molar-refractivity contribution in [3.63, 3.8) is 0 Å². The van der Waals surface area contributed by atoms with Crippen molar-refractivity contribution in [2.75, 3.05) is 6.61 Å². The van der Waals surface area contributed by atoms with Crippen LogP contribution in [0.4, 0.5) is 0 Å². The first kappa shape index (κ1) is 12.3. The third-order valence-corrected chi connectivity index (χ3v) is 2.04. The number of rotatable bonds is 3. The van der Waals surface area contributed by atoms with Crippen LogP contribution in [0.15, 0.2) is 24.3 Å². The summed E-state index contributed by atoms with van der Waals surface area (Å²) in [5, 5.41) is 9.75. The lowest BCUT2D eigenvalue weighted by Gasteiger charge is -2.19. The molecule has 0 saturated heterocycles. The molecule has 0 unspecified atom stereocenters. The van der Waals surface area contributed by atoms with Crippen LogP contribution in [0.5, 0.6) is 0 Å². The molecule has 0 aromatic heterocycles. The van der Waals surface area contributed by atoms with Gasteiger partial charge >= 0.3 is 7.12 Å². The lowest BCUT2D eigenvalue weighted by molar-refractivity contribution is 0.174. The van der Waals surface area contributed by atoms with Crippen LogP contribution in [-0.4, -0.2) is 18.7 Å². The van der Waals surface area contributed by atoms with E-state index in [2.05, 4.69) is 20.8 Å². The first-order valence-corrected chi connectivity index (χ1v) is 5.25. The highest BCUT2D eigenvalue weighted by molar-refractivity contribution is 6.59. The zero-order valence-electron chi connectivity index (χ0n) is 9.95. The Morgan fingerprint density at radius 1 is 1.20 bits per heavy atom. The molecule has 1 N–H and O–H groups in total. The van der Waals surface area contributed by atoms with E-state index in [-0.39, 0.29) is 5.41 Å². The van der Waals surface area contributed by atoms with Crippen LogP contribution in [0.1, 0.15) is 26.3 Å². The third-order valence-electron chi connectivity index (χ3n) is 2.04. The molecule has 0 amide bonds. The van der Waals surface area contributed by atoms with Crippen molar-refractivity contribution in [1.29, 1.82) is 0 Å². The molecular weight excluding hydrogens is 187 g/mol. The Morgan fingerprint density at radius 3 is 2.20 bits per heavy atom. The van der Waals surface area contributed by atoms with Crippen LogP contribution in [0, 0.1) is 12.3 Å². The standard InChI is InChI=1S/C12H19BO2/c1-10-5-7-11(8-6-10)13(14)15-9-12(2,3)4/h5-8,14H,9H2,1-4H3. The quantitative estimate of drug-likeness (QED) is 0.763. The lowest BCUT2D eigenvalue weighted by Crippen LogP contribution is -2.36. The lowest BCUT2D eigenvalue weighted by atomic mass is 9.79. The monoisotopic (exact) mass is 206 g/mol. The first-order chi connectivity index (χ1) is 6.88. The van der Waals surface area contributed by atoms with Crippen molar-refractivity contribution in [3.8, 4) is 0 Å². The number of aryl methyl sites for hydroxylation is 1. The summed E-state index contributed by atoms with van der Waals surface area (Å²) in [5.74, 6) is 0. The van der Waals surface area contributed by atoms with Crippen LogP contribution in [0.25, 0.3) is 0 Å². The summed E-state index contributed by atoms with van der Waals surface area (Å²) in [5.41, 5.74) is 2.07. The van der Waals surface area contributed by atoms with Crippen molar-refractivity contribution in [1.82, 2.24) is 0 Å². The number of hydrogen-bond acceptors (Lipinski definition) is 2. The Balaban J connectivity index is 2.54. The third kappa shape index (κ3) is 4.49. The predicted octanol–water partition coefficient (Wildman–Crippen LogP) is 1.75. The maximum Gasteiger partial charge on any atom is 0.491 e. The fraction of sp³-hybridized carbons (Fsp3) is 0.500. The van der Waals surface area contributed by atoms with Gasteiger partial charge in [-0.25, -0.2) is 0 Å². The zero-order chi connectivity index (χ0) is 11.5. The smallest absolute Gasteiger partial charge is 0.423 e. The molecule has 82 valence electrons. The molecule has 0 fully saturated rings. The van der Waals surface area contributed by atoms with Gasteiger partial charge in [0, 0.05) is 6.61 Å². The predicted molar refractivity (Wildman–Crippen MR) is 64.2 cm³/mol. The molecule has 1 aromatic rings. The van der Waals surface area contributed by atoms with E-state index >= 15 is 0 Å². The topological polar surface area (TPSA) is 29.5 Å². The molecule has 0 spiro atoms. The van der Waals surface area contributed by atoms with Crippen LogP contribution in [0.3, 0.4) is 0 Å². The molecule has 0 aliphatic rings. The second-order valence-electron chi connectivity index (χ2n) is 5.13. The van der Waals surface area contributed by atoms with Crippen molar-refractivity contribution < 1.29 is 9.68 Å². The molecule has 3 heteroatoms. The van der Waals surface area contributed by atoms with E-state index in [4.69, 9.17) is 4.65 Å². The summed E-state index contributed by atoms with van der Waals surface area (Å²) in [6, 6.07) is 7.73. The van der Waals surface area contributed by atoms with Gasteiger partial charge in [-0.15, -0.1) is 0 Å². The van der Waals surface area contributed by atoms with Crippen LogP contribution < -0.4 is 5.46 Å². The number of hydrogen-bond donors (Lipinski definition) is 1. The van der Waals surface area contributed by atoms with Gasteiger partial charge in [0.15, 0.2) is 0 Å². The van der Waals surface area contributed by atoms with E-state index in [0.29, 0.717) is 6.61 Å². The molecule has 0 heterocycles. The maximum atomic E-state index is 9.75. The van der Waals surface area contributed by atoms with Crippen molar-refractivity contribution in [2.24, 2.45) is 5.41 Å². The molecule has 15 heavy (non-hydrogen) atoms. The molecule has 0 aliphatic heterocycles. The maximum absolute atomic E-state index is 9.75. The highest BCUT2D eigenvalue weighted by atomic mass is 16.5. The molecule has 0 atom stereocenters. The average Bonchev–Trinajstić information content (AvgIpc) is 2.14. The van der Waals surface area contributed by atoms with Gasteiger partial charge in [-0.05, 0) is 17.8 Å². The van der Waals surface area contributed by atoms with E-state index in [1.165, 1.54) is 5.56 Å². The van der Waals surface area contributed by atoms with E-state index in [9.17, 15) is 5.02 Å². The van der Waals surface area contributed by atoms with Gasteiger partial charge in [-0.1, -0.05) is 50.6 Å². The summed E-state index contributed by atoms with van der Waals surface area (Å²) >= 11 is 0. The highest BCUT2D eigenvalue weighted by Gasteiger charge is 2.19. The van der Waals surface area contributed by atoms with Crippen molar-refractivity contribution in [2.45, 2.75) is 27.7 Å². The van der Waals surface area contributed by atoms with Gasteiger partial charge in [0.2, 0.25) is 0 Å². The van der Waals surface area contributed by atoms with Crippen LogP contribution in [-0.2, 0) is 4.65 Å². The molecule has 0 aliphatic carbocycles. The summed E-state index contributed by atoms with van der Waals surface area (Å²) < 4.78 is 5.39. The molecular formula is C12H19BO2. The van der Waals surface area contributed by atoms with Gasteiger partial charge in [0.1, 0.15) is 0 Å². The normalized spacial score (nSPS) is 11.5. The zero-order valence-corrected chi connectivity index (χ0v) is 9.95. The van der Waals surface area contributed by atoms with E-state index in [0.717, 1.165) is 5.46 Å². The molecule has 0 bridgehead atoms. The summed E-state index contributed by atoms with van der Waals surface area (Å²) in [7, 11) is -0.815. The number of benzene rings is 1. The highest BCUT2D eigenvalue weighted by Crippen LogP contribution is 2.13. The Bertz CT molecular complexity index is 300. The van der Waals surface area contributed by atoms with Crippen LogP contribution >= 0.6 is 0 Å². The fourth-order valence-electron chi connectivity index (χ4n) is 1.16. The van der Waals surface area contributed by atoms with Crippen molar-refractivity contribution >= 4 is 12.6 Å². The molecule has 1 aromatic carbocycles. The molecule has 0 saturated carbocycles. The Kier molecular flexibility index (Phi) is 3.94. The minimum atomic E-state index is -0.815. The minimum Gasteiger partial charge on any atom is -0.423 e. The van der Waals surface area contributed by atoms with Gasteiger partial charge in [-0.3, -0.25) is 0 Å². The second kappa shape index (κ2) is 4.82. The average molecular weight is 206 g/mol. The minimum absolute atomic E-state index is 0.0751. The SMILES string of the molecule is Cc1ccc(B(O)OCC(C)(C)C)cc1. The first-order valence-electron chi connectivity index (χ1n) is 5.25. The summed E-state index contributed by atoms with van der Waals surface area (Å²) in [6.45, 7) is 8.80. The summed E-state index contributed by atoms with van der Waals surface area (Å²) in [4.78, 5) is 0. The van der Waals surface area contributed by atoms with E-state index < -0.39 is 7.12 Å². The van der Waals surface area contributed by atoms with Gasteiger partial charge < -0.3 is 9.68 Å². The van der Waals surface area contributed by atoms with E-state index in [1.807, 2.05) is 31.2 Å². The van der Waals surface area contributed by atoms with Gasteiger partial charge in [0.05, 0.1) is 0 Å². The van der Waals surface area contributed by atoms with E-state index in [1.54, 1.807) is 0 Å². The molecule has 0 radical (unpaired) electrons. The largest absolute Gasteiger partial charge is 0.491 e. The fourth-order valence-corrected chi connectivity index (χ4v) is 1.16. The Labute approximate surface area is 92.4 Å². The molecule has 1 rings (SSSR count). The van der Waals surface area contributed by atoms with Gasteiger partial charge in [0.25, 0.3) is 0 Å². The van der Waals surface area contributed by atoms with Gasteiger partial charge in [-0.2, -0.15) is 0 Å². The Morgan fingerprint density at radius 2 is 1.73 bits per heavy atom. The summed E-state index contributed by atoms with van der Waals surface area (Å²) in [6.07, 6.45) is 0.